The highest BCUT2D eigenvalue weighted by atomic mass is 32.1. The van der Waals surface area contributed by atoms with Crippen molar-refractivity contribution < 1.29 is 4.74 Å². The van der Waals surface area contributed by atoms with Gasteiger partial charge in [0.2, 0.25) is 4.77 Å². The van der Waals surface area contributed by atoms with E-state index < -0.39 is 5.56 Å². The van der Waals surface area contributed by atoms with E-state index in [-0.39, 0.29) is 4.77 Å². The molecule has 0 atom stereocenters. The minimum absolute atomic E-state index is 0.127. The average Bonchev–Trinajstić information content (AvgIpc) is 2.60. The second-order valence-corrected chi connectivity index (χ2v) is 5.77. The lowest BCUT2D eigenvalue weighted by Gasteiger charge is -2.09. The van der Waals surface area contributed by atoms with E-state index in [1.54, 1.807) is 0 Å². The molecular weight excluding hydrogens is 336 g/mol. The normalized spacial score (nSPS) is 10.9. The molecule has 0 aliphatic rings. The van der Waals surface area contributed by atoms with Crippen molar-refractivity contribution in [3.8, 4) is 5.75 Å². The molecular formula is C18H16N4O2S. The van der Waals surface area contributed by atoms with Crippen molar-refractivity contribution in [3.63, 3.8) is 0 Å². The molecule has 2 aromatic carbocycles. The van der Waals surface area contributed by atoms with Gasteiger partial charge in [0.15, 0.2) is 0 Å². The van der Waals surface area contributed by atoms with E-state index in [0.29, 0.717) is 12.4 Å². The molecule has 0 saturated heterocycles. The molecule has 0 fully saturated rings. The van der Waals surface area contributed by atoms with Gasteiger partial charge in [-0.25, -0.2) is 0 Å². The number of aromatic nitrogens is 3. The summed E-state index contributed by atoms with van der Waals surface area (Å²) in [6.07, 6.45) is 2.66. The third-order valence-corrected chi connectivity index (χ3v) is 3.71. The molecule has 0 aliphatic heterocycles. The Morgan fingerprint density at radius 2 is 2.12 bits per heavy atom. The Bertz CT molecular complexity index is 995. The van der Waals surface area contributed by atoms with Gasteiger partial charge in [-0.15, -0.1) is 0 Å². The third-order valence-electron chi connectivity index (χ3n) is 3.44. The van der Waals surface area contributed by atoms with Crippen LogP contribution in [0.3, 0.4) is 0 Å². The van der Waals surface area contributed by atoms with Crippen LogP contribution in [-0.4, -0.2) is 21.1 Å². The SMILES string of the molecule is Cc1cccc(COc2ccccc2/C=N/n2c(=O)cn[nH]c2=S)c1. The molecule has 25 heavy (non-hydrogen) atoms. The third kappa shape index (κ3) is 4.27. The number of ether oxygens (including phenoxy) is 1. The van der Waals surface area contributed by atoms with Crippen LogP contribution < -0.4 is 10.3 Å². The molecule has 3 aromatic rings. The van der Waals surface area contributed by atoms with Crippen molar-refractivity contribution >= 4 is 18.4 Å². The summed E-state index contributed by atoms with van der Waals surface area (Å²) in [5.41, 5.74) is 2.60. The van der Waals surface area contributed by atoms with Crippen LogP contribution in [-0.2, 0) is 6.61 Å². The number of nitrogens with one attached hydrogen (secondary N) is 1. The summed E-state index contributed by atoms with van der Waals surface area (Å²) in [5, 5.41) is 10.3. The number of hydrogen-bond acceptors (Lipinski definition) is 5. The lowest BCUT2D eigenvalue weighted by molar-refractivity contribution is 0.305. The van der Waals surface area contributed by atoms with Crippen molar-refractivity contribution in [2.45, 2.75) is 13.5 Å². The van der Waals surface area contributed by atoms with Crippen molar-refractivity contribution in [1.82, 2.24) is 14.9 Å². The molecule has 0 radical (unpaired) electrons. The van der Waals surface area contributed by atoms with Gasteiger partial charge >= 0.3 is 0 Å². The van der Waals surface area contributed by atoms with Crippen LogP contribution in [0.2, 0.25) is 0 Å². The van der Waals surface area contributed by atoms with Crippen LogP contribution in [0.4, 0.5) is 0 Å². The largest absolute Gasteiger partial charge is 0.488 e. The average molecular weight is 352 g/mol. The highest BCUT2D eigenvalue weighted by Gasteiger charge is 2.03. The first-order valence-corrected chi connectivity index (χ1v) is 8.03. The van der Waals surface area contributed by atoms with E-state index in [0.717, 1.165) is 22.0 Å². The van der Waals surface area contributed by atoms with E-state index in [1.165, 1.54) is 11.8 Å². The van der Waals surface area contributed by atoms with Crippen LogP contribution >= 0.6 is 12.2 Å². The fraction of sp³-hybridized carbons (Fsp3) is 0.111. The first-order valence-electron chi connectivity index (χ1n) is 7.62. The second-order valence-electron chi connectivity index (χ2n) is 5.39. The molecule has 0 unspecified atom stereocenters. The van der Waals surface area contributed by atoms with Gasteiger partial charge in [0.25, 0.3) is 5.56 Å². The number of aromatic amines is 1. The molecule has 0 saturated carbocycles. The summed E-state index contributed by atoms with van der Waals surface area (Å²) < 4.78 is 7.10. The Morgan fingerprint density at radius 3 is 2.92 bits per heavy atom. The number of benzene rings is 2. The Labute approximate surface area is 149 Å². The molecule has 3 rings (SSSR count). The van der Waals surface area contributed by atoms with Gasteiger partial charge in [-0.2, -0.15) is 14.9 Å². The summed E-state index contributed by atoms with van der Waals surface area (Å²) >= 11 is 5.01. The Hall–Kier alpha value is -3.06. The predicted molar refractivity (Wildman–Crippen MR) is 98.6 cm³/mol. The smallest absolute Gasteiger partial charge is 0.293 e. The first kappa shape index (κ1) is 16.8. The Morgan fingerprint density at radius 1 is 1.28 bits per heavy atom. The number of hydrogen-bond donors (Lipinski definition) is 1. The van der Waals surface area contributed by atoms with Crippen molar-refractivity contribution in [3.05, 3.63) is 86.5 Å². The lowest BCUT2D eigenvalue weighted by Crippen LogP contribution is -2.18. The molecule has 7 heteroatoms. The highest BCUT2D eigenvalue weighted by molar-refractivity contribution is 7.71. The summed E-state index contributed by atoms with van der Waals surface area (Å²) in [6.45, 7) is 2.49. The van der Waals surface area contributed by atoms with Gasteiger partial charge in [-0.3, -0.25) is 9.89 Å². The standard InChI is InChI=1S/C18H16N4O2S/c1-13-5-4-6-14(9-13)12-24-16-8-3-2-7-15(16)10-20-22-17(23)11-19-21-18(22)25/h2-11H,12H2,1H3,(H,21,25)/b20-10+. The zero-order valence-corrected chi connectivity index (χ0v) is 14.4. The van der Waals surface area contributed by atoms with E-state index in [2.05, 4.69) is 21.4 Å². The number of rotatable bonds is 5. The van der Waals surface area contributed by atoms with E-state index >= 15 is 0 Å². The summed E-state index contributed by atoms with van der Waals surface area (Å²) in [4.78, 5) is 11.8. The van der Waals surface area contributed by atoms with Crippen LogP contribution in [0, 0.1) is 11.7 Å². The predicted octanol–water partition coefficient (Wildman–Crippen LogP) is 3.07. The van der Waals surface area contributed by atoms with Gasteiger partial charge in [0.05, 0.1) is 6.21 Å². The van der Waals surface area contributed by atoms with Gasteiger partial charge in [-0.1, -0.05) is 42.0 Å². The van der Waals surface area contributed by atoms with Gasteiger partial charge < -0.3 is 4.74 Å². The number of H-pyrrole nitrogens is 1. The summed E-state index contributed by atoms with van der Waals surface area (Å²) in [6, 6.07) is 15.6. The molecule has 0 spiro atoms. The summed E-state index contributed by atoms with van der Waals surface area (Å²) in [5.74, 6) is 0.671. The molecule has 0 amide bonds. The maximum Gasteiger partial charge on any atom is 0.293 e. The fourth-order valence-electron chi connectivity index (χ4n) is 2.26. The zero-order valence-electron chi connectivity index (χ0n) is 13.5. The number of nitrogens with zero attached hydrogens (tertiary/aromatic N) is 3. The van der Waals surface area contributed by atoms with Crippen LogP contribution in [0.25, 0.3) is 0 Å². The Balaban J connectivity index is 1.82. The van der Waals surface area contributed by atoms with Crippen LogP contribution in [0.1, 0.15) is 16.7 Å². The van der Waals surface area contributed by atoms with Gasteiger partial charge in [-0.05, 0) is 36.8 Å². The van der Waals surface area contributed by atoms with Gasteiger partial charge in [0.1, 0.15) is 18.6 Å². The maximum absolute atomic E-state index is 11.8. The lowest BCUT2D eigenvalue weighted by atomic mass is 10.1. The van der Waals surface area contributed by atoms with E-state index in [9.17, 15) is 4.79 Å². The van der Waals surface area contributed by atoms with Crippen LogP contribution in [0.15, 0.2) is 64.6 Å². The van der Waals surface area contributed by atoms with Crippen molar-refractivity contribution in [2.24, 2.45) is 5.10 Å². The topological polar surface area (TPSA) is 72.3 Å². The van der Waals surface area contributed by atoms with E-state index in [4.69, 9.17) is 17.0 Å². The number of para-hydroxylation sites is 1. The molecule has 1 aromatic heterocycles. The van der Waals surface area contributed by atoms with Gasteiger partial charge in [0, 0.05) is 5.56 Å². The molecule has 1 N–H and O–H groups in total. The molecule has 1 heterocycles. The monoisotopic (exact) mass is 352 g/mol. The molecule has 6 nitrogen and oxygen atoms in total. The van der Waals surface area contributed by atoms with E-state index in [1.807, 2.05) is 49.4 Å². The molecule has 0 bridgehead atoms. The fourth-order valence-corrected chi connectivity index (χ4v) is 2.45. The number of aryl methyl sites for hydroxylation is 1. The van der Waals surface area contributed by atoms with Crippen molar-refractivity contribution in [2.75, 3.05) is 0 Å². The summed E-state index contributed by atoms with van der Waals surface area (Å²) in [7, 11) is 0. The minimum Gasteiger partial charge on any atom is -0.488 e. The van der Waals surface area contributed by atoms with Crippen LogP contribution in [0.5, 0.6) is 5.75 Å². The highest BCUT2D eigenvalue weighted by Crippen LogP contribution is 2.18. The maximum atomic E-state index is 11.8. The first-order chi connectivity index (χ1) is 12.1. The molecule has 0 aliphatic carbocycles. The quantitative estimate of drug-likeness (QED) is 0.566. The minimum atomic E-state index is -0.404. The Kier molecular flexibility index (Phi) is 5.15. The van der Waals surface area contributed by atoms with Crippen molar-refractivity contribution in [1.29, 1.82) is 0 Å². The molecule has 126 valence electrons. The zero-order chi connectivity index (χ0) is 17.6. The second kappa shape index (κ2) is 7.67.